The molecule has 1 rings (SSSR count). The lowest BCUT2D eigenvalue weighted by atomic mass is 9.98. The average Bonchev–Trinajstić information content (AvgIpc) is 3.32. The summed E-state index contributed by atoms with van der Waals surface area (Å²) in [4.78, 5) is 8.36. The van der Waals surface area contributed by atoms with Crippen molar-refractivity contribution in [3.63, 3.8) is 0 Å². The predicted octanol–water partition coefficient (Wildman–Crippen LogP) is 6.85. The minimum atomic E-state index is -0.250. The fraction of sp³-hybridized carbons (Fsp3) is 0.850. The summed E-state index contributed by atoms with van der Waals surface area (Å²) < 4.78 is 0. The number of unbranched alkanes of at least 4 members (excludes halogenated alkanes) is 3. The van der Waals surface area contributed by atoms with Gasteiger partial charge in [0.1, 0.15) is 0 Å². The van der Waals surface area contributed by atoms with E-state index in [-0.39, 0.29) is 6.47 Å². The number of rotatable bonds is 10. The molecule has 0 aromatic rings. The quantitative estimate of drug-likeness (QED) is 0.272. The molecule has 132 valence electrons. The van der Waals surface area contributed by atoms with Crippen molar-refractivity contribution < 1.29 is 9.90 Å². The first kappa shape index (κ1) is 23.5. The Morgan fingerprint density at radius 2 is 1.68 bits per heavy atom. The molecule has 0 radical (unpaired) electrons. The van der Waals surface area contributed by atoms with Crippen LogP contribution in [0.3, 0.4) is 0 Å². The van der Waals surface area contributed by atoms with E-state index in [1.54, 1.807) is 0 Å². The predicted molar refractivity (Wildman–Crippen MR) is 98.3 cm³/mol. The molecule has 0 saturated heterocycles. The second-order valence-electron chi connectivity index (χ2n) is 6.22. The molecule has 0 spiro atoms. The van der Waals surface area contributed by atoms with Gasteiger partial charge in [0.15, 0.2) is 0 Å². The average molecular weight is 313 g/mol. The topological polar surface area (TPSA) is 37.3 Å². The van der Waals surface area contributed by atoms with Gasteiger partial charge in [-0.1, -0.05) is 91.2 Å². The molecule has 1 aliphatic carbocycles. The fourth-order valence-electron chi connectivity index (χ4n) is 2.36. The number of hydrogen-bond acceptors (Lipinski definition) is 1. The Hall–Kier alpha value is -0.790. The molecule has 1 fully saturated rings. The molecule has 0 heterocycles. The highest BCUT2D eigenvalue weighted by Gasteiger charge is 2.18. The van der Waals surface area contributed by atoms with Gasteiger partial charge in [0.2, 0.25) is 0 Å². The Labute approximate surface area is 139 Å². The minimum Gasteiger partial charge on any atom is -0.483 e. The summed E-state index contributed by atoms with van der Waals surface area (Å²) in [5.41, 5.74) is 0. The molecule has 0 amide bonds. The summed E-state index contributed by atoms with van der Waals surface area (Å²) in [5, 5.41) is 6.89. The molecule has 2 nitrogen and oxygen atoms in total. The molecule has 0 aromatic heterocycles. The molecule has 1 unspecified atom stereocenters. The van der Waals surface area contributed by atoms with E-state index in [0.717, 1.165) is 11.8 Å². The van der Waals surface area contributed by atoms with Crippen LogP contribution in [0.4, 0.5) is 0 Å². The molecule has 1 N–H and O–H groups in total. The van der Waals surface area contributed by atoms with E-state index in [4.69, 9.17) is 9.90 Å². The van der Waals surface area contributed by atoms with Crippen LogP contribution in [0, 0.1) is 11.8 Å². The van der Waals surface area contributed by atoms with Gasteiger partial charge in [-0.15, -0.1) is 0 Å². The lowest BCUT2D eigenvalue weighted by Gasteiger charge is -2.08. The Kier molecular flexibility index (Phi) is 21.6. The summed E-state index contributed by atoms with van der Waals surface area (Å²) in [5.74, 6) is 1.99. The number of carbonyl (C=O) groups is 1. The van der Waals surface area contributed by atoms with Crippen molar-refractivity contribution in [3.8, 4) is 0 Å². The van der Waals surface area contributed by atoms with Crippen molar-refractivity contribution in [2.75, 3.05) is 0 Å². The van der Waals surface area contributed by atoms with Crippen molar-refractivity contribution in [1.82, 2.24) is 0 Å². The Bertz CT molecular complexity index is 232. The monoisotopic (exact) mass is 312 g/mol. The summed E-state index contributed by atoms with van der Waals surface area (Å²) in [6, 6.07) is 0. The molecule has 1 aliphatic rings. The van der Waals surface area contributed by atoms with Crippen molar-refractivity contribution in [2.45, 2.75) is 98.3 Å². The molecule has 0 aromatic carbocycles. The van der Waals surface area contributed by atoms with Crippen molar-refractivity contribution >= 4 is 6.47 Å². The first-order valence-electron chi connectivity index (χ1n) is 9.44. The molecule has 1 atom stereocenters. The molecular weight excluding hydrogens is 272 g/mol. The van der Waals surface area contributed by atoms with E-state index in [1.807, 2.05) is 0 Å². The van der Waals surface area contributed by atoms with Crippen LogP contribution >= 0.6 is 0 Å². The zero-order valence-electron chi connectivity index (χ0n) is 15.5. The largest absolute Gasteiger partial charge is 0.483 e. The third kappa shape index (κ3) is 21.5. The van der Waals surface area contributed by atoms with Crippen LogP contribution in [-0.4, -0.2) is 11.6 Å². The van der Waals surface area contributed by atoms with Crippen LogP contribution in [0.2, 0.25) is 0 Å². The molecule has 1 saturated carbocycles. The lowest BCUT2D eigenvalue weighted by Crippen LogP contribution is -1.93. The molecular formula is C20H40O2. The van der Waals surface area contributed by atoms with Crippen molar-refractivity contribution in [2.24, 2.45) is 11.8 Å². The summed E-state index contributed by atoms with van der Waals surface area (Å²) in [6.45, 7) is 8.82. The molecule has 0 aliphatic heterocycles. The van der Waals surface area contributed by atoms with Crippen molar-refractivity contribution in [1.29, 1.82) is 0 Å². The van der Waals surface area contributed by atoms with Gasteiger partial charge in [-0.05, 0) is 31.1 Å². The van der Waals surface area contributed by atoms with Gasteiger partial charge in [0.05, 0.1) is 0 Å². The van der Waals surface area contributed by atoms with Gasteiger partial charge in [-0.25, -0.2) is 0 Å². The fourth-order valence-corrected chi connectivity index (χ4v) is 2.36. The van der Waals surface area contributed by atoms with E-state index < -0.39 is 0 Å². The van der Waals surface area contributed by atoms with E-state index in [9.17, 15) is 0 Å². The maximum Gasteiger partial charge on any atom is 0.290 e. The lowest BCUT2D eigenvalue weighted by molar-refractivity contribution is -0.122. The second-order valence-corrected chi connectivity index (χ2v) is 6.22. The second kappa shape index (κ2) is 20.2. The number of carboxylic acid groups (broad SMARTS) is 1. The SMILES string of the molecule is CCCC1CC1.CCCC=CC(CC)CCCCC.O=CO. The van der Waals surface area contributed by atoms with Gasteiger partial charge in [-0.2, -0.15) is 0 Å². The van der Waals surface area contributed by atoms with Gasteiger partial charge >= 0.3 is 0 Å². The molecule has 2 heteroatoms. The number of hydrogen-bond donors (Lipinski definition) is 1. The number of allylic oxidation sites excluding steroid dienone is 2. The standard InChI is InChI=1S/C13H26.C6H12.CH2O2/c1-4-7-9-11-13(6-3)12-10-8-5-2;1-2-3-6-4-5-6;2-1-3/h9,11,13H,4-8,10,12H2,1-3H3;6H,2-5H2,1H3;1H,(H,2,3). The Morgan fingerprint density at radius 1 is 1.05 bits per heavy atom. The van der Waals surface area contributed by atoms with Crippen molar-refractivity contribution in [3.05, 3.63) is 12.2 Å². The highest BCUT2D eigenvalue weighted by Crippen LogP contribution is 2.32. The molecule has 0 bridgehead atoms. The van der Waals surface area contributed by atoms with E-state index in [2.05, 4.69) is 39.8 Å². The smallest absolute Gasteiger partial charge is 0.290 e. The summed E-state index contributed by atoms with van der Waals surface area (Å²) >= 11 is 0. The summed E-state index contributed by atoms with van der Waals surface area (Å²) in [7, 11) is 0. The third-order valence-corrected chi connectivity index (χ3v) is 3.96. The first-order valence-corrected chi connectivity index (χ1v) is 9.44. The van der Waals surface area contributed by atoms with Crippen LogP contribution < -0.4 is 0 Å². The highest BCUT2D eigenvalue weighted by molar-refractivity contribution is 5.32. The van der Waals surface area contributed by atoms with Gasteiger partial charge < -0.3 is 5.11 Å². The maximum absolute atomic E-state index is 8.36. The van der Waals surface area contributed by atoms with Gasteiger partial charge in [0, 0.05) is 0 Å². The zero-order chi connectivity index (χ0) is 17.1. The van der Waals surface area contributed by atoms with E-state index in [0.29, 0.717) is 0 Å². The molecule has 22 heavy (non-hydrogen) atoms. The van der Waals surface area contributed by atoms with Crippen LogP contribution in [0.5, 0.6) is 0 Å². The normalized spacial score (nSPS) is 14.5. The zero-order valence-corrected chi connectivity index (χ0v) is 15.5. The van der Waals surface area contributed by atoms with Gasteiger partial charge in [-0.3, -0.25) is 4.79 Å². The van der Waals surface area contributed by atoms with E-state index >= 15 is 0 Å². The first-order chi connectivity index (χ1) is 10.7. The van der Waals surface area contributed by atoms with Crippen LogP contribution in [0.15, 0.2) is 12.2 Å². The van der Waals surface area contributed by atoms with Crippen LogP contribution in [0.25, 0.3) is 0 Å². The van der Waals surface area contributed by atoms with Crippen LogP contribution in [0.1, 0.15) is 98.3 Å². The third-order valence-electron chi connectivity index (χ3n) is 3.96. The minimum absolute atomic E-state index is 0.250. The maximum atomic E-state index is 8.36. The van der Waals surface area contributed by atoms with Crippen LogP contribution in [-0.2, 0) is 4.79 Å². The highest BCUT2D eigenvalue weighted by atomic mass is 16.3. The van der Waals surface area contributed by atoms with E-state index in [1.165, 1.54) is 70.6 Å². The Balaban J connectivity index is 0. The summed E-state index contributed by atoms with van der Waals surface area (Å²) in [6.07, 6.45) is 20.1. The van der Waals surface area contributed by atoms with Gasteiger partial charge in [0.25, 0.3) is 6.47 Å². The Morgan fingerprint density at radius 3 is 2.05 bits per heavy atom.